The van der Waals surface area contributed by atoms with Gasteiger partial charge >= 0.3 is 11.8 Å². The van der Waals surface area contributed by atoms with Gasteiger partial charge in [-0.25, -0.2) is 0 Å². The fourth-order valence-corrected chi connectivity index (χ4v) is 4.06. The van der Waals surface area contributed by atoms with E-state index in [1.54, 1.807) is 9.80 Å². The number of carbonyl (C=O) groups is 2. The molecule has 2 aromatic carbocycles. The van der Waals surface area contributed by atoms with Crippen molar-refractivity contribution in [3.05, 3.63) is 65.7 Å². The highest BCUT2D eigenvalue weighted by Gasteiger charge is 2.36. The molecule has 1 atom stereocenters. The molecule has 0 aliphatic carbocycles. The molecule has 0 bridgehead atoms. The zero-order chi connectivity index (χ0) is 18.8. The van der Waals surface area contributed by atoms with E-state index < -0.39 is 5.91 Å². The van der Waals surface area contributed by atoms with Crippen molar-refractivity contribution < 1.29 is 9.59 Å². The van der Waals surface area contributed by atoms with Crippen LogP contribution in [0.4, 0.5) is 5.69 Å². The third kappa shape index (κ3) is 3.60. The molecule has 1 saturated heterocycles. The molecule has 5 heteroatoms. The summed E-state index contributed by atoms with van der Waals surface area (Å²) >= 11 is 0. The molecule has 2 aliphatic rings. The van der Waals surface area contributed by atoms with Crippen molar-refractivity contribution >= 4 is 17.5 Å². The predicted molar refractivity (Wildman–Crippen MR) is 105 cm³/mol. The maximum Gasteiger partial charge on any atom is 0.316 e. The molecule has 5 nitrogen and oxygen atoms in total. The Morgan fingerprint density at radius 1 is 0.889 bits per heavy atom. The average Bonchev–Trinajstić information content (AvgIpc) is 3.04. The summed E-state index contributed by atoms with van der Waals surface area (Å²) < 4.78 is 0. The number of fused-ring (bicyclic) bond motifs is 1. The van der Waals surface area contributed by atoms with Gasteiger partial charge in [-0.15, -0.1) is 0 Å². The third-order valence-corrected chi connectivity index (χ3v) is 5.52. The van der Waals surface area contributed by atoms with Crippen LogP contribution in [0.3, 0.4) is 0 Å². The summed E-state index contributed by atoms with van der Waals surface area (Å²) in [6.45, 7) is 5.67. The Hall–Kier alpha value is -2.66. The van der Waals surface area contributed by atoms with Gasteiger partial charge in [-0.05, 0) is 30.5 Å². The highest BCUT2D eigenvalue weighted by atomic mass is 16.2. The summed E-state index contributed by atoms with van der Waals surface area (Å²) in [6.07, 6.45) is 0.806. The lowest BCUT2D eigenvalue weighted by Crippen LogP contribution is -2.53. The lowest BCUT2D eigenvalue weighted by Gasteiger charge is -2.35. The molecule has 4 rings (SSSR count). The Balaban J connectivity index is 1.37. The van der Waals surface area contributed by atoms with Crippen molar-refractivity contribution in [1.82, 2.24) is 9.80 Å². The molecular formula is C22H25N3O2. The van der Waals surface area contributed by atoms with Gasteiger partial charge in [0.25, 0.3) is 0 Å². The largest absolute Gasteiger partial charge is 0.332 e. The normalized spacial score (nSPS) is 19.8. The van der Waals surface area contributed by atoms with Gasteiger partial charge in [0.1, 0.15) is 0 Å². The zero-order valence-electron chi connectivity index (χ0n) is 15.7. The van der Waals surface area contributed by atoms with Crippen LogP contribution in [-0.2, 0) is 22.6 Å². The Kier molecular flexibility index (Phi) is 4.94. The van der Waals surface area contributed by atoms with Crippen LogP contribution >= 0.6 is 0 Å². The van der Waals surface area contributed by atoms with Crippen LogP contribution in [0.15, 0.2) is 54.6 Å². The third-order valence-electron chi connectivity index (χ3n) is 5.52. The van der Waals surface area contributed by atoms with E-state index in [1.807, 2.05) is 49.4 Å². The smallest absolute Gasteiger partial charge is 0.316 e. The van der Waals surface area contributed by atoms with Crippen LogP contribution in [0.1, 0.15) is 18.1 Å². The Morgan fingerprint density at radius 3 is 2.30 bits per heavy atom. The summed E-state index contributed by atoms with van der Waals surface area (Å²) in [6, 6.07) is 18.2. The van der Waals surface area contributed by atoms with Crippen molar-refractivity contribution in [2.24, 2.45) is 0 Å². The first-order valence-corrected chi connectivity index (χ1v) is 9.60. The highest BCUT2D eigenvalue weighted by molar-refractivity contribution is 6.40. The van der Waals surface area contributed by atoms with Crippen LogP contribution in [0.2, 0.25) is 0 Å². The topological polar surface area (TPSA) is 43.9 Å². The molecular weight excluding hydrogens is 338 g/mol. The van der Waals surface area contributed by atoms with E-state index in [0.29, 0.717) is 13.1 Å². The van der Waals surface area contributed by atoms with Gasteiger partial charge in [-0.2, -0.15) is 0 Å². The van der Waals surface area contributed by atoms with Crippen molar-refractivity contribution in [2.45, 2.75) is 25.9 Å². The number of benzene rings is 2. The minimum Gasteiger partial charge on any atom is -0.332 e. The van der Waals surface area contributed by atoms with Gasteiger partial charge in [0.2, 0.25) is 0 Å². The van der Waals surface area contributed by atoms with E-state index in [9.17, 15) is 9.59 Å². The lowest BCUT2D eigenvalue weighted by molar-refractivity contribution is -0.145. The van der Waals surface area contributed by atoms with Crippen LogP contribution in [-0.4, -0.2) is 53.8 Å². The first-order chi connectivity index (χ1) is 13.1. The van der Waals surface area contributed by atoms with Gasteiger partial charge in [0, 0.05) is 44.5 Å². The molecule has 2 heterocycles. The fraction of sp³-hybridized carbons (Fsp3) is 0.364. The van der Waals surface area contributed by atoms with E-state index >= 15 is 0 Å². The van der Waals surface area contributed by atoms with Crippen molar-refractivity contribution in [3.8, 4) is 0 Å². The Labute approximate surface area is 160 Å². The SMILES string of the molecule is CC1Cc2ccccc2N1C(=O)C(=O)N1CCN(Cc2ccccc2)CC1. The monoisotopic (exact) mass is 363 g/mol. The first kappa shape index (κ1) is 17.7. The number of nitrogens with zero attached hydrogens (tertiary/aromatic N) is 3. The van der Waals surface area contributed by atoms with Crippen molar-refractivity contribution in [1.29, 1.82) is 0 Å². The number of anilines is 1. The molecule has 0 radical (unpaired) electrons. The molecule has 2 aliphatic heterocycles. The summed E-state index contributed by atoms with van der Waals surface area (Å²) in [5, 5.41) is 0. The average molecular weight is 363 g/mol. The minimum absolute atomic E-state index is 0.0261. The number of rotatable bonds is 2. The minimum atomic E-state index is -0.399. The Bertz CT molecular complexity index is 828. The second kappa shape index (κ2) is 7.53. The van der Waals surface area contributed by atoms with Crippen LogP contribution < -0.4 is 4.90 Å². The maximum absolute atomic E-state index is 12.9. The van der Waals surface area contributed by atoms with Crippen molar-refractivity contribution in [2.75, 3.05) is 31.1 Å². The maximum atomic E-state index is 12.9. The second-order valence-corrected chi connectivity index (χ2v) is 7.41. The Morgan fingerprint density at radius 2 is 1.56 bits per heavy atom. The molecule has 1 fully saturated rings. The number of amides is 2. The van der Waals surface area contributed by atoms with E-state index in [-0.39, 0.29) is 11.9 Å². The first-order valence-electron chi connectivity index (χ1n) is 9.60. The second-order valence-electron chi connectivity index (χ2n) is 7.41. The molecule has 0 N–H and O–H groups in total. The van der Waals surface area contributed by atoms with Crippen LogP contribution in [0, 0.1) is 0 Å². The summed E-state index contributed by atoms with van der Waals surface area (Å²) in [4.78, 5) is 31.4. The molecule has 0 aromatic heterocycles. The van der Waals surface area contributed by atoms with Gasteiger partial charge in [0.15, 0.2) is 0 Å². The molecule has 0 saturated carbocycles. The molecule has 140 valence electrons. The summed E-state index contributed by atoms with van der Waals surface area (Å²) in [5.41, 5.74) is 3.29. The molecule has 2 aromatic rings. The predicted octanol–water partition coefficient (Wildman–Crippen LogP) is 2.31. The number of hydrogen-bond acceptors (Lipinski definition) is 3. The van der Waals surface area contributed by atoms with E-state index in [0.717, 1.165) is 37.3 Å². The number of hydrogen-bond donors (Lipinski definition) is 0. The number of carbonyl (C=O) groups excluding carboxylic acids is 2. The molecule has 27 heavy (non-hydrogen) atoms. The fourth-order valence-electron chi connectivity index (χ4n) is 4.06. The lowest BCUT2D eigenvalue weighted by atomic mass is 10.1. The molecule has 0 spiro atoms. The van der Waals surface area contributed by atoms with Crippen molar-refractivity contribution in [3.63, 3.8) is 0 Å². The molecule has 1 unspecified atom stereocenters. The molecule has 2 amide bonds. The van der Waals surface area contributed by atoms with Gasteiger partial charge in [-0.3, -0.25) is 14.5 Å². The van der Waals surface area contributed by atoms with Crippen LogP contribution in [0.5, 0.6) is 0 Å². The number of para-hydroxylation sites is 1. The number of piperazine rings is 1. The van der Waals surface area contributed by atoms with E-state index in [2.05, 4.69) is 17.0 Å². The standard InChI is InChI=1S/C22H25N3O2/c1-17-15-19-9-5-6-10-20(19)25(17)22(27)21(26)24-13-11-23(12-14-24)16-18-7-3-2-4-8-18/h2-10,17H,11-16H2,1H3. The van der Waals surface area contributed by atoms with E-state index in [4.69, 9.17) is 0 Å². The van der Waals surface area contributed by atoms with E-state index in [1.165, 1.54) is 5.56 Å². The quantitative estimate of drug-likeness (QED) is 0.769. The summed E-state index contributed by atoms with van der Waals surface area (Å²) in [5.74, 6) is -0.776. The summed E-state index contributed by atoms with van der Waals surface area (Å²) in [7, 11) is 0. The highest BCUT2D eigenvalue weighted by Crippen LogP contribution is 2.32. The van der Waals surface area contributed by atoms with Crippen LogP contribution in [0.25, 0.3) is 0 Å². The van der Waals surface area contributed by atoms with Gasteiger partial charge < -0.3 is 9.80 Å². The zero-order valence-corrected chi connectivity index (χ0v) is 15.7. The van der Waals surface area contributed by atoms with Gasteiger partial charge in [-0.1, -0.05) is 48.5 Å². The van der Waals surface area contributed by atoms with Gasteiger partial charge in [0.05, 0.1) is 0 Å².